The van der Waals surface area contributed by atoms with Crippen LogP contribution in [0.4, 0.5) is 0 Å². The standard InChI is InChI=1S/C28H54O3/c1-7-13-17-19-23-29-28(22-18-14-8-2,30-24-26(11-5)20-15-9-3)31-25-27(12-6)21-16-10-4/h24-25H,7-23H2,1-6H3. The van der Waals surface area contributed by atoms with Crippen LogP contribution in [0.1, 0.15) is 144 Å². The van der Waals surface area contributed by atoms with E-state index in [-0.39, 0.29) is 0 Å². The van der Waals surface area contributed by atoms with Gasteiger partial charge in [0.1, 0.15) is 0 Å². The summed E-state index contributed by atoms with van der Waals surface area (Å²) in [5.74, 6) is -0.999. The van der Waals surface area contributed by atoms with Gasteiger partial charge in [0.05, 0.1) is 25.6 Å². The van der Waals surface area contributed by atoms with Gasteiger partial charge in [0.2, 0.25) is 0 Å². The average Bonchev–Trinajstić information content (AvgIpc) is 2.79. The second kappa shape index (κ2) is 20.9. The van der Waals surface area contributed by atoms with E-state index in [0.29, 0.717) is 6.61 Å². The molecule has 0 aliphatic rings. The smallest absolute Gasteiger partial charge is 0.370 e. The molecule has 0 heterocycles. The number of hydrogen-bond acceptors (Lipinski definition) is 3. The van der Waals surface area contributed by atoms with Gasteiger partial charge in [-0.2, -0.15) is 0 Å². The molecule has 0 rings (SSSR count). The molecule has 184 valence electrons. The Balaban J connectivity index is 5.52. The number of hydrogen-bond donors (Lipinski definition) is 0. The summed E-state index contributed by atoms with van der Waals surface area (Å²) in [6.45, 7) is 14.0. The molecule has 0 aromatic carbocycles. The zero-order chi connectivity index (χ0) is 23.2. The first-order chi connectivity index (χ1) is 15.1. The third-order valence-electron chi connectivity index (χ3n) is 5.83. The van der Waals surface area contributed by atoms with Gasteiger partial charge in [0.15, 0.2) is 0 Å². The van der Waals surface area contributed by atoms with Crippen LogP contribution in [0, 0.1) is 0 Å². The van der Waals surface area contributed by atoms with Crippen molar-refractivity contribution in [3.05, 3.63) is 23.7 Å². The Bertz CT molecular complexity index is 425. The number of ether oxygens (including phenoxy) is 3. The van der Waals surface area contributed by atoms with Gasteiger partial charge in [-0.25, -0.2) is 0 Å². The molecule has 0 spiro atoms. The van der Waals surface area contributed by atoms with Gasteiger partial charge in [0.25, 0.3) is 0 Å². The summed E-state index contributed by atoms with van der Waals surface area (Å²) in [7, 11) is 0. The van der Waals surface area contributed by atoms with E-state index in [1.807, 2.05) is 12.5 Å². The highest BCUT2D eigenvalue weighted by atomic mass is 16.9. The molecule has 0 fully saturated rings. The van der Waals surface area contributed by atoms with E-state index in [4.69, 9.17) is 14.2 Å². The first-order valence-corrected chi connectivity index (χ1v) is 13.5. The Morgan fingerprint density at radius 2 is 1.06 bits per heavy atom. The van der Waals surface area contributed by atoms with Gasteiger partial charge in [-0.1, -0.05) is 86.5 Å². The minimum atomic E-state index is -0.999. The van der Waals surface area contributed by atoms with Gasteiger partial charge >= 0.3 is 5.97 Å². The van der Waals surface area contributed by atoms with Gasteiger partial charge in [0, 0.05) is 0 Å². The Hall–Kier alpha value is -0.960. The lowest BCUT2D eigenvalue weighted by Gasteiger charge is -2.32. The van der Waals surface area contributed by atoms with Crippen molar-refractivity contribution in [2.24, 2.45) is 0 Å². The van der Waals surface area contributed by atoms with Crippen LogP contribution < -0.4 is 0 Å². The summed E-state index contributed by atoms with van der Waals surface area (Å²) in [5, 5.41) is 0. The van der Waals surface area contributed by atoms with Crippen LogP contribution in [0.2, 0.25) is 0 Å². The van der Waals surface area contributed by atoms with Crippen molar-refractivity contribution >= 4 is 0 Å². The van der Waals surface area contributed by atoms with Crippen LogP contribution in [-0.4, -0.2) is 12.6 Å². The molecular weight excluding hydrogens is 384 g/mol. The Morgan fingerprint density at radius 3 is 1.52 bits per heavy atom. The predicted octanol–water partition coefficient (Wildman–Crippen LogP) is 9.82. The van der Waals surface area contributed by atoms with Crippen molar-refractivity contribution in [3.8, 4) is 0 Å². The fourth-order valence-corrected chi connectivity index (χ4v) is 3.43. The third kappa shape index (κ3) is 15.5. The highest BCUT2D eigenvalue weighted by molar-refractivity contribution is 4.99. The van der Waals surface area contributed by atoms with Crippen LogP contribution in [0.5, 0.6) is 0 Å². The second-order valence-electron chi connectivity index (χ2n) is 8.75. The summed E-state index contributed by atoms with van der Waals surface area (Å²) < 4.78 is 19.2. The quantitative estimate of drug-likeness (QED) is 0.0956. The molecule has 0 radical (unpaired) electrons. The van der Waals surface area contributed by atoms with E-state index in [2.05, 4.69) is 41.5 Å². The summed E-state index contributed by atoms with van der Waals surface area (Å²) >= 11 is 0. The van der Waals surface area contributed by atoms with Gasteiger partial charge in [-0.05, 0) is 62.5 Å². The minimum Gasteiger partial charge on any atom is -0.438 e. The maximum Gasteiger partial charge on any atom is 0.370 e. The molecule has 0 aliphatic carbocycles. The lowest BCUT2D eigenvalue weighted by atomic mass is 10.1. The first kappa shape index (κ1) is 30.0. The van der Waals surface area contributed by atoms with E-state index in [1.165, 1.54) is 62.5 Å². The summed E-state index contributed by atoms with van der Waals surface area (Å²) in [6.07, 6.45) is 21.7. The van der Waals surface area contributed by atoms with Crippen molar-refractivity contribution in [3.63, 3.8) is 0 Å². The van der Waals surface area contributed by atoms with Crippen LogP contribution in [0.15, 0.2) is 23.7 Å². The van der Waals surface area contributed by atoms with Gasteiger partial charge in [-0.15, -0.1) is 0 Å². The predicted molar refractivity (Wildman–Crippen MR) is 135 cm³/mol. The molecule has 0 bridgehead atoms. The molecule has 31 heavy (non-hydrogen) atoms. The molecule has 0 atom stereocenters. The van der Waals surface area contributed by atoms with E-state index in [0.717, 1.165) is 51.4 Å². The largest absolute Gasteiger partial charge is 0.438 e. The van der Waals surface area contributed by atoms with E-state index < -0.39 is 5.97 Å². The number of rotatable bonds is 22. The third-order valence-corrected chi connectivity index (χ3v) is 5.83. The summed E-state index contributed by atoms with van der Waals surface area (Å²) in [4.78, 5) is 0. The first-order valence-electron chi connectivity index (χ1n) is 13.5. The molecule has 0 aromatic rings. The van der Waals surface area contributed by atoms with E-state index in [9.17, 15) is 0 Å². The topological polar surface area (TPSA) is 27.7 Å². The van der Waals surface area contributed by atoms with E-state index >= 15 is 0 Å². The molecule has 0 N–H and O–H groups in total. The molecule has 3 heteroatoms. The van der Waals surface area contributed by atoms with Crippen molar-refractivity contribution in [2.75, 3.05) is 6.61 Å². The Kier molecular flexibility index (Phi) is 20.3. The average molecular weight is 439 g/mol. The second-order valence-corrected chi connectivity index (χ2v) is 8.75. The minimum absolute atomic E-state index is 0.681. The number of allylic oxidation sites excluding steroid dienone is 2. The van der Waals surface area contributed by atoms with Crippen molar-refractivity contribution in [1.29, 1.82) is 0 Å². The fraction of sp³-hybridized carbons (Fsp3) is 0.857. The molecule has 0 aromatic heterocycles. The van der Waals surface area contributed by atoms with Crippen molar-refractivity contribution in [2.45, 2.75) is 150 Å². The highest BCUT2D eigenvalue weighted by Crippen LogP contribution is 2.28. The lowest BCUT2D eigenvalue weighted by Crippen LogP contribution is -2.37. The van der Waals surface area contributed by atoms with Gasteiger partial charge in [-0.3, -0.25) is 0 Å². The van der Waals surface area contributed by atoms with E-state index in [1.54, 1.807) is 0 Å². The zero-order valence-electron chi connectivity index (χ0n) is 21.9. The Labute approximate surface area is 195 Å². The van der Waals surface area contributed by atoms with Crippen LogP contribution >= 0.6 is 0 Å². The number of unbranched alkanes of at least 4 members (excludes halogenated alkanes) is 7. The molecule has 0 aliphatic heterocycles. The molecule has 0 amide bonds. The molecular formula is C28H54O3. The van der Waals surface area contributed by atoms with Crippen LogP contribution in [0.3, 0.4) is 0 Å². The monoisotopic (exact) mass is 438 g/mol. The van der Waals surface area contributed by atoms with Crippen LogP contribution in [0.25, 0.3) is 0 Å². The fourth-order valence-electron chi connectivity index (χ4n) is 3.43. The summed E-state index contributed by atoms with van der Waals surface area (Å²) in [6, 6.07) is 0. The van der Waals surface area contributed by atoms with Crippen molar-refractivity contribution in [1.82, 2.24) is 0 Å². The van der Waals surface area contributed by atoms with Crippen LogP contribution in [-0.2, 0) is 14.2 Å². The normalized spacial score (nSPS) is 14.5. The molecule has 0 unspecified atom stereocenters. The maximum atomic E-state index is 6.39. The highest BCUT2D eigenvalue weighted by Gasteiger charge is 2.34. The molecule has 3 nitrogen and oxygen atoms in total. The Morgan fingerprint density at radius 1 is 0.581 bits per heavy atom. The zero-order valence-corrected chi connectivity index (χ0v) is 21.9. The molecule has 0 saturated heterocycles. The van der Waals surface area contributed by atoms with Crippen molar-refractivity contribution < 1.29 is 14.2 Å². The molecule has 0 saturated carbocycles. The van der Waals surface area contributed by atoms with Gasteiger partial charge < -0.3 is 14.2 Å². The SMILES string of the molecule is CCCCCCOC(CCCCC)(OC=C(CC)CCCC)OC=C(CC)CCCC. The summed E-state index contributed by atoms with van der Waals surface area (Å²) in [5.41, 5.74) is 2.68. The lowest BCUT2D eigenvalue weighted by molar-refractivity contribution is -0.345. The maximum absolute atomic E-state index is 6.39.